The van der Waals surface area contributed by atoms with E-state index >= 15 is 0 Å². The molecule has 1 aromatic heterocycles. The van der Waals surface area contributed by atoms with Crippen molar-refractivity contribution in [1.82, 2.24) is 9.55 Å². The van der Waals surface area contributed by atoms with Crippen LogP contribution in [0.3, 0.4) is 0 Å². The zero-order valence-electron chi connectivity index (χ0n) is 10.8. The first-order valence-electron chi connectivity index (χ1n) is 5.91. The molecule has 0 fully saturated rings. The summed E-state index contributed by atoms with van der Waals surface area (Å²) in [5.41, 5.74) is 4.29. The highest BCUT2D eigenvalue weighted by Gasteiger charge is 2.10. The van der Waals surface area contributed by atoms with Gasteiger partial charge in [-0.05, 0) is 44.0 Å². The summed E-state index contributed by atoms with van der Waals surface area (Å²) in [5, 5.41) is 8.69. The number of aliphatic carboxylic acids is 1. The lowest BCUT2D eigenvalue weighted by atomic mass is 10.1. The fourth-order valence-corrected chi connectivity index (χ4v) is 2.19. The minimum atomic E-state index is -0.961. The first-order valence-corrected chi connectivity index (χ1v) is 5.91. The van der Waals surface area contributed by atoms with Gasteiger partial charge in [-0.1, -0.05) is 6.07 Å². The Kier molecular flexibility index (Phi) is 3.19. The molecule has 2 aromatic rings. The van der Waals surface area contributed by atoms with E-state index in [1.54, 1.807) is 6.08 Å². The van der Waals surface area contributed by atoms with Gasteiger partial charge >= 0.3 is 5.97 Å². The zero-order valence-corrected chi connectivity index (χ0v) is 10.8. The van der Waals surface area contributed by atoms with Crippen LogP contribution in [0.15, 0.2) is 18.2 Å². The SMILES string of the molecule is CCn1c(/C=C/C(=O)O)nc2c(C)cc(C)cc21. The van der Waals surface area contributed by atoms with Crippen LogP contribution in [-0.2, 0) is 11.3 Å². The Morgan fingerprint density at radius 1 is 1.44 bits per heavy atom. The van der Waals surface area contributed by atoms with Crippen molar-refractivity contribution in [3.8, 4) is 0 Å². The highest BCUT2D eigenvalue weighted by molar-refractivity contribution is 5.87. The molecule has 1 heterocycles. The Hall–Kier alpha value is -2.10. The molecular weight excluding hydrogens is 228 g/mol. The first-order chi connectivity index (χ1) is 8.52. The van der Waals surface area contributed by atoms with E-state index in [0.29, 0.717) is 5.82 Å². The van der Waals surface area contributed by atoms with Crippen molar-refractivity contribution >= 4 is 23.1 Å². The van der Waals surface area contributed by atoms with E-state index in [-0.39, 0.29) is 0 Å². The molecule has 0 radical (unpaired) electrons. The molecule has 0 aliphatic heterocycles. The molecule has 94 valence electrons. The number of carbonyl (C=O) groups is 1. The first kappa shape index (κ1) is 12.4. The average Bonchev–Trinajstić information content (AvgIpc) is 2.64. The van der Waals surface area contributed by atoms with Crippen molar-refractivity contribution < 1.29 is 9.90 Å². The molecule has 0 atom stereocenters. The molecule has 18 heavy (non-hydrogen) atoms. The molecule has 0 aliphatic carbocycles. The molecule has 0 aliphatic rings. The zero-order chi connectivity index (χ0) is 13.3. The molecule has 0 spiro atoms. The smallest absolute Gasteiger partial charge is 0.328 e. The van der Waals surface area contributed by atoms with Crippen LogP contribution in [0.25, 0.3) is 17.1 Å². The topological polar surface area (TPSA) is 55.1 Å². The van der Waals surface area contributed by atoms with Gasteiger partial charge in [0.1, 0.15) is 5.82 Å². The van der Waals surface area contributed by atoms with E-state index in [2.05, 4.69) is 17.1 Å². The largest absolute Gasteiger partial charge is 0.478 e. The highest BCUT2D eigenvalue weighted by Crippen LogP contribution is 2.22. The molecule has 0 unspecified atom stereocenters. The standard InChI is InChI=1S/C14H16N2O2/c1-4-16-11-8-9(2)7-10(3)14(11)15-12(16)5-6-13(17)18/h5-8H,4H2,1-3H3,(H,17,18)/b6-5+. The lowest BCUT2D eigenvalue weighted by Gasteiger charge is -2.03. The van der Waals surface area contributed by atoms with Crippen LogP contribution >= 0.6 is 0 Å². The van der Waals surface area contributed by atoms with Gasteiger partial charge in [-0.2, -0.15) is 0 Å². The highest BCUT2D eigenvalue weighted by atomic mass is 16.4. The van der Waals surface area contributed by atoms with Crippen LogP contribution < -0.4 is 0 Å². The van der Waals surface area contributed by atoms with Gasteiger partial charge in [0, 0.05) is 12.6 Å². The van der Waals surface area contributed by atoms with E-state index in [9.17, 15) is 4.79 Å². The number of nitrogens with zero attached hydrogens (tertiary/aromatic N) is 2. The summed E-state index contributed by atoms with van der Waals surface area (Å²) in [7, 11) is 0. The van der Waals surface area contributed by atoms with E-state index in [4.69, 9.17) is 5.11 Å². The van der Waals surface area contributed by atoms with E-state index < -0.39 is 5.97 Å². The van der Waals surface area contributed by atoms with Crippen LogP contribution in [0.1, 0.15) is 23.9 Å². The number of aromatic nitrogens is 2. The van der Waals surface area contributed by atoms with Crippen molar-refractivity contribution in [1.29, 1.82) is 0 Å². The molecule has 0 saturated carbocycles. The molecule has 4 heteroatoms. The second-order valence-corrected chi connectivity index (χ2v) is 4.34. The molecule has 0 bridgehead atoms. The molecule has 0 saturated heterocycles. The molecule has 0 amide bonds. The number of benzene rings is 1. The van der Waals surface area contributed by atoms with Gasteiger partial charge in [-0.15, -0.1) is 0 Å². The van der Waals surface area contributed by atoms with Crippen LogP contribution in [-0.4, -0.2) is 20.6 Å². The summed E-state index contributed by atoms with van der Waals surface area (Å²) in [6.45, 7) is 6.86. The van der Waals surface area contributed by atoms with Crippen LogP contribution in [0.4, 0.5) is 0 Å². The molecule has 1 aromatic carbocycles. The predicted octanol–water partition coefficient (Wildman–Crippen LogP) is 2.77. The summed E-state index contributed by atoms with van der Waals surface area (Å²) in [4.78, 5) is 15.1. The second-order valence-electron chi connectivity index (χ2n) is 4.34. The molecule has 2 rings (SSSR count). The third kappa shape index (κ3) is 2.14. The summed E-state index contributed by atoms with van der Waals surface area (Å²) < 4.78 is 2.02. The van der Waals surface area contributed by atoms with Gasteiger partial charge in [0.05, 0.1) is 11.0 Å². The van der Waals surface area contributed by atoms with Gasteiger partial charge in [0.2, 0.25) is 0 Å². The summed E-state index contributed by atoms with van der Waals surface area (Å²) in [6, 6.07) is 4.16. The lowest BCUT2D eigenvalue weighted by molar-refractivity contribution is -0.131. The summed E-state index contributed by atoms with van der Waals surface area (Å²) in [6.07, 6.45) is 2.66. The van der Waals surface area contributed by atoms with Crippen LogP contribution in [0.2, 0.25) is 0 Å². The average molecular weight is 244 g/mol. The number of carboxylic acid groups (broad SMARTS) is 1. The third-order valence-electron chi connectivity index (χ3n) is 2.91. The van der Waals surface area contributed by atoms with Crippen LogP contribution in [0, 0.1) is 13.8 Å². The maximum Gasteiger partial charge on any atom is 0.328 e. The number of rotatable bonds is 3. The Bertz CT molecular complexity index is 639. The monoisotopic (exact) mass is 244 g/mol. The second kappa shape index (κ2) is 4.64. The summed E-state index contributed by atoms with van der Waals surface area (Å²) in [5.74, 6) is -0.277. The third-order valence-corrected chi connectivity index (χ3v) is 2.91. The molecule has 1 N–H and O–H groups in total. The number of imidazole rings is 1. The van der Waals surface area contributed by atoms with Crippen molar-refractivity contribution in [3.05, 3.63) is 35.2 Å². The molecular formula is C14H16N2O2. The van der Waals surface area contributed by atoms with Crippen molar-refractivity contribution in [2.45, 2.75) is 27.3 Å². The van der Waals surface area contributed by atoms with Crippen molar-refractivity contribution in [2.24, 2.45) is 0 Å². The lowest BCUT2D eigenvalue weighted by Crippen LogP contribution is -1.98. The fraction of sp³-hybridized carbons (Fsp3) is 0.286. The van der Waals surface area contributed by atoms with E-state index in [0.717, 1.165) is 29.2 Å². The van der Waals surface area contributed by atoms with E-state index in [1.807, 2.05) is 25.3 Å². The number of carboxylic acids is 1. The maximum atomic E-state index is 10.6. The van der Waals surface area contributed by atoms with Crippen LogP contribution in [0.5, 0.6) is 0 Å². The van der Waals surface area contributed by atoms with Gasteiger partial charge in [0.25, 0.3) is 0 Å². The number of aryl methyl sites for hydroxylation is 3. The number of hydrogen-bond donors (Lipinski definition) is 1. The Morgan fingerprint density at radius 3 is 2.78 bits per heavy atom. The molecule has 4 nitrogen and oxygen atoms in total. The van der Waals surface area contributed by atoms with Gasteiger partial charge in [-0.3, -0.25) is 0 Å². The Labute approximate surface area is 106 Å². The quantitative estimate of drug-likeness (QED) is 0.845. The maximum absolute atomic E-state index is 10.6. The Morgan fingerprint density at radius 2 is 2.17 bits per heavy atom. The van der Waals surface area contributed by atoms with Gasteiger partial charge < -0.3 is 9.67 Å². The fourth-order valence-electron chi connectivity index (χ4n) is 2.19. The number of hydrogen-bond acceptors (Lipinski definition) is 2. The Balaban J connectivity index is 2.68. The van der Waals surface area contributed by atoms with Gasteiger partial charge in [-0.25, -0.2) is 9.78 Å². The predicted molar refractivity (Wildman–Crippen MR) is 71.6 cm³/mol. The minimum absolute atomic E-state index is 0.684. The summed E-state index contributed by atoms with van der Waals surface area (Å²) >= 11 is 0. The minimum Gasteiger partial charge on any atom is -0.478 e. The van der Waals surface area contributed by atoms with E-state index in [1.165, 1.54) is 5.56 Å². The normalized spacial score (nSPS) is 11.5. The van der Waals surface area contributed by atoms with Crippen molar-refractivity contribution in [2.75, 3.05) is 0 Å². The number of fused-ring (bicyclic) bond motifs is 1. The van der Waals surface area contributed by atoms with Gasteiger partial charge in [0.15, 0.2) is 0 Å². The van der Waals surface area contributed by atoms with Crippen molar-refractivity contribution in [3.63, 3.8) is 0 Å².